The number of hydrogen-bond donors (Lipinski definition) is 1. The van der Waals surface area contributed by atoms with E-state index in [-0.39, 0.29) is 11.3 Å². The number of hydrogen-bond acceptors (Lipinski definition) is 3. The van der Waals surface area contributed by atoms with Crippen LogP contribution in [0.15, 0.2) is 0 Å². The van der Waals surface area contributed by atoms with Crippen molar-refractivity contribution in [3.63, 3.8) is 0 Å². The molecule has 1 amide bonds. The quantitative estimate of drug-likeness (QED) is 0.772. The van der Waals surface area contributed by atoms with Crippen molar-refractivity contribution in [2.24, 2.45) is 17.1 Å². The molecule has 4 nitrogen and oxygen atoms in total. The molecule has 0 atom stereocenters. The summed E-state index contributed by atoms with van der Waals surface area (Å²) in [6, 6.07) is 0. The first kappa shape index (κ1) is 11.9. The van der Waals surface area contributed by atoms with Gasteiger partial charge in [0.2, 0.25) is 0 Å². The van der Waals surface area contributed by atoms with Crippen LogP contribution >= 0.6 is 0 Å². The van der Waals surface area contributed by atoms with Gasteiger partial charge in [-0.1, -0.05) is 6.92 Å². The Morgan fingerprint density at radius 3 is 2.69 bits per heavy atom. The van der Waals surface area contributed by atoms with Crippen LogP contribution < -0.4 is 5.73 Å². The normalized spacial score (nSPS) is 35.4. The lowest BCUT2D eigenvalue weighted by Gasteiger charge is -2.38. The second-order valence-corrected chi connectivity index (χ2v) is 5.26. The maximum absolute atomic E-state index is 12.4. The van der Waals surface area contributed by atoms with Crippen molar-refractivity contribution in [2.75, 3.05) is 19.7 Å². The Morgan fingerprint density at radius 1 is 1.50 bits per heavy atom. The van der Waals surface area contributed by atoms with Crippen LogP contribution in [0.5, 0.6) is 0 Å². The van der Waals surface area contributed by atoms with Gasteiger partial charge in [0.1, 0.15) is 0 Å². The lowest BCUT2D eigenvalue weighted by Crippen LogP contribution is -2.48. The highest BCUT2D eigenvalue weighted by Crippen LogP contribution is 2.40. The van der Waals surface area contributed by atoms with Crippen molar-refractivity contribution in [1.29, 1.82) is 0 Å². The maximum atomic E-state index is 12.4. The van der Waals surface area contributed by atoms with E-state index in [0.29, 0.717) is 13.2 Å². The minimum atomic E-state index is -0.336. The summed E-state index contributed by atoms with van der Waals surface area (Å²) in [7, 11) is 0. The predicted octanol–water partition coefficient (Wildman–Crippen LogP) is 1.31. The minimum Gasteiger partial charge on any atom is -0.329 e. The summed E-state index contributed by atoms with van der Waals surface area (Å²) in [5.74, 6) is 0.853. The molecule has 2 aliphatic rings. The van der Waals surface area contributed by atoms with Gasteiger partial charge in [-0.15, -0.1) is 0 Å². The van der Waals surface area contributed by atoms with E-state index in [2.05, 4.69) is 6.92 Å². The highest BCUT2D eigenvalue weighted by atomic mass is 16.7. The number of hydroxylamine groups is 2. The molecule has 2 rings (SSSR count). The molecule has 1 saturated carbocycles. The number of nitrogens with two attached hydrogens (primary N) is 1. The van der Waals surface area contributed by atoms with Gasteiger partial charge in [-0.05, 0) is 38.0 Å². The van der Waals surface area contributed by atoms with Gasteiger partial charge in [0.15, 0.2) is 0 Å². The van der Waals surface area contributed by atoms with Gasteiger partial charge < -0.3 is 5.73 Å². The van der Waals surface area contributed by atoms with Gasteiger partial charge in [-0.2, -0.15) is 0 Å². The molecular formula is C12H22N2O2. The Morgan fingerprint density at radius 2 is 2.19 bits per heavy atom. The summed E-state index contributed by atoms with van der Waals surface area (Å²) in [6.07, 6.45) is 5.00. The summed E-state index contributed by atoms with van der Waals surface area (Å²) in [5.41, 5.74) is 5.51. The van der Waals surface area contributed by atoms with E-state index in [4.69, 9.17) is 10.6 Å². The van der Waals surface area contributed by atoms with Crippen LogP contribution in [-0.4, -0.2) is 30.7 Å². The van der Waals surface area contributed by atoms with Crippen LogP contribution in [0.4, 0.5) is 0 Å². The molecule has 0 spiro atoms. The molecule has 0 aromatic rings. The number of amides is 1. The van der Waals surface area contributed by atoms with Crippen LogP contribution in [0.1, 0.15) is 39.0 Å². The van der Waals surface area contributed by atoms with Gasteiger partial charge in [-0.25, -0.2) is 5.06 Å². The molecule has 0 radical (unpaired) electrons. The number of carbonyl (C=O) groups excluding carboxylic acids is 1. The molecule has 2 fully saturated rings. The van der Waals surface area contributed by atoms with Crippen molar-refractivity contribution in [3.05, 3.63) is 0 Å². The average molecular weight is 226 g/mol. The van der Waals surface area contributed by atoms with Crippen molar-refractivity contribution in [1.82, 2.24) is 5.06 Å². The molecule has 16 heavy (non-hydrogen) atoms. The molecule has 0 aromatic carbocycles. The Hall–Kier alpha value is -0.610. The molecule has 1 saturated heterocycles. The van der Waals surface area contributed by atoms with Crippen molar-refractivity contribution in [3.8, 4) is 0 Å². The Bertz CT molecular complexity index is 254. The zero-order chi connectivity index (χ0) is 11.6. The van der Waals surface area contributed by atoms with Crippen LogP contribution in [0.2, 0.25) is 0 Å². The lowest BCUT2D eigenvalue weighted by molar-refractivity contribution is -0.182. The smallest absolute Gasteiger partial charge is 0.253 e. The fourth-order valence-corrected chi connectivity index (χ4v) is 2.69. The molecule has 4 heteroatoms. The average Bonchev–Trinajstić information content (AvgIpc) is 2.83. The third kappa shape index (κ3) is 2.09. The number of carbonyl (C=O) groups is 1. The van der Waals surface area contributed by atoms with E-state index < -0.39 is 0 Å². The molecule has 0 bridgehead atoms. The van der Waals surface area contributed by atoms with Crippen molar-refractivity contribution >= 4 is 5.91 Å². The summed E-state index contributed by atoms with van der Waals surface area (Å²) >= 11 is 0. The SMILES string of the molecule is CC1CCC(CN)(C(=O)N2CCCO2)CC1. The van der Waals surface area contributed by atoms with E-state index in [1.54, 1.807) is 5.06 Å². The summed E-state index contributed by atoms with van der Waals surface area (Å²) in [4.78, 5) is 17.7. The Kier molecular flexibility index (Phi) is 3.50. The first-order valence-electron chi connectivity index (χ1n) is 6.33. The zero-order valence-corrected chi connectivity index (χ0v) is 10.1. The molecule has 1 aliphatic carbocycles. The van der Waals surface area contributed by atoms with E-state index in [1.807, 2.05) is 0 Å². The van der Waals surface area contributed by atoms with Gasteiger partial charge in [0.25, 0.3) is 5.91 Å². The van der Waals surface area contributed by atoms with Crippen molar-refractivity contribution < 1.29 is 9.63 Å². The third-order valence-electron chi connectivity index (χ3n) is 4.05. The van der Waals surface area contributed by atoms with E-state index >= 15 is 0 Å². The first-order chi connectivity index (χ1) is 7.68. The molecular weight excluding hydrogens is 204 g/mol. The van der Waals surface area contributed by atoms with E-state index in [0.717, 1.165) is 44.6 Å². The summed E-state index contributed by atoms with van der Waals surface area (Å²) in [6.45, 7) is 4.11. The van der Waals surface area contributed by atoms with Gasteiger partial charge in [-0.3, -0.25) is 9.63 Å². The fraction of sp³-hybridized carbons (Fsp3) is 0.917. The first-order valence-corrected chi connectivity index (χ1v) is 6.33. The molecule has 2 N–H and O–H groups in total. The Labute approximate surface area is 97.1 Å². The minimum absolute atomic E-state index is 0.124. The number of rotatable bonds is 2. The lowest BCUT2D eigenvalue weighted by atomic mass is 9.70. The fourth-order valence-electron chi connectivity index (χ4n) is 2.69. The van der Waals surface area contributed by atoms with E-state index in [9.17, 15) is 4.79 Å². The monoisotopic (exact) mass is 226 g/mol. The maximum Gasteiger partial charge on any atom is 0.253 e. The highest BCUT2D eigenvalue weighted by molar-refractivity contribution is 5.82. The predicted molar refractivity (Wildman–Crippen MR) is 61.4 cm³/mol. The van der Waals surface area contributed by atoms with Gasteiger partial charge in [0.05, 0.1) is 18.6 Å². The second-order valence-electron chi connectivity index (χ2n) is 5.26. The molecule has 0 unspecified atom stereocenters. The van der Waals surface area contributed by atoms with Crippen LogP contribution in [-0.2, 0) is 9.63 Å². The third-order valence-corrected chi connectivity index (χ3v) is 4.05. The van der Waals surface area contributed by atoms with Crippen LogP contribution in [0.25, 0.3) is 0 Å². The second kappa shape index (κ2) is 4.72. The topological polar surface area (TPSA) is 55.6 Å². The zero-order valence-electron chi connectivity index (χ0n) is 10.1. The molecule has 1 heterocycles. The van der Waals surface area contributed by atoms with Crippen molar-refractivity contribution in [2.45, 2.75) is 39.0 Å². The molecule has 92 valence electrons. The molecule has 0 aromatic heterocycles. The van der Waals surface area contributed by atoms with E-state index in [1.165, 1.54) is 0 Å². The number of nitrogens with zero attached hydrogens (tertiary/aromatic N) is 1. The summed E-state index contributed by atoms with van der Waals surface area (Å²) < 4.78 is 0. The summed E-state index contributed by atoms with van der Waals surface area (Å²) in [5, 5.41) is 1.54. The standard InChI is InChI=1S/C12H22N2O2/c1-10-3-5-12(9-13,6-4-10)11(15)14-7-2-8-16-14/h10H,2-9,13H2,1H3. The van der Waals surface area contributed by atoms with Gasteiger partial charge >= 0.3 is 0 Å². The van der Waals surface area contributed by atoms with Crippen LogP contribution in [0, 0.1) is 11.3 Å². The Balaban J connectivity index is 2.05. The largest absolute Gasteiger partial charge is 0.329 e. The molecule has 1 aliphatic heterocycles. The van der Waals surface area contributed by atoms with Gasteiger partial charge in [0, 0.05) is 6.54 Å². The highest BCUT2D eigenvalue weighted by Gasteiger charge is 2.43. The van der Waals surface area contributed by atoms with Crippen LogP contribution in [0.3, 0.4) is 0 Å².